The number of aromatic nitrogens is 2. The monoisotopic (exact) mass is 446 g/mol. The predicted octanol–water partition coefficient (Wildman–Crippen LogP) is 4.55. The fourth-order valence-electron chi connectivity index (χ4n) is 3.96. The van der Waals surface area contributed by atoms with Crippen molar-refractivity contribution in [3.8, 4) is 16.9 Å². The Morgan fingerprint density at radius 1 is 1.00 bits per heavy atom. The van der Waals surface area contributed by atoms with Gasteiger partial charge in [-0.15, -0.1) is 11.3 Å². The van der Waals surface area contributed by atoms with Crippen molar-refractivity contribution in [2.45, 2.75) is 13.0 Å². The lowest BCUT2D eigenvalue weighted by Gasteiger charge is -2.25. The van der Waals surface area contributed by atoms with Gasteiger partial charge in [-0.1, -0.05) is 42.5 Å². The summed E-state index contributed by atoms with van der Waals surface area (Å²) in [5.41, 5.74) is 3.50. The Labute approximate surface area is 191 Å². The van der Waals surface area contributed by atoms with Crippen LogP contribution in [-0.4, -0.2) is 52.8 Å². The van der Waals surface area contributed by atoms with Gasteiger partial charge in [0, 0.05) is 30.6 Å². The third-order valence-electron chi connectivity index (χ3n) is 5.68. The van der Waals surface area contributed by atoms with Gasteiger partial charge in [0.25, 0.3) is 0 Å². The van der Waals surface area contributed by atoms with Gasteiger partial charge in [-0.25, -0.2) is 9.97 Å². The number of ether oxygens (including phenoxy) is 1. The number of anilines is 1. The minimum atomic E-state index is 0.290. The van der Waals surface area contributed by atoms with Gasteiger partial charge in [-0.3, -0.25) is 4.90 Å². The van der Waals surface area contributed by atoms with Gasteiger partial charge < -0.3 is 15.2 Å². The molecule has 0 aliphatic carbocycles. The van der Waals surface area contributed by atoms with Crippen LogP contribution in [0.2, 0.25) is 0 Å². The van der Waals surface area contributed by atoms with Crippen LogP contribution in [0.25, 0.3) is 21.3 Å². The van der Waals surface area contributed by atoms with E-state index in [9.17, 15) is 5.11 Å². The van der Waals surface area contributed by atoms with Gasteiger partial charge in [-0.2, -0.15) is 0 Å². The lowest BCUT2D eigenvalue weighted by atomic mass is 10.1. The van der Waals surface area contributed by atoms with E-state index in [1.54, 1.807) is 23.5 Å². The molecule has 1 fully saturated rings. The summed E-state index contributed by atoms with van der Waals surface area (Å²) in [6, 6.07) is 17.8. The third kappa shape index (κ3) is 4.75. The largest absolute Gasteiger partial charge is 0.508 e. The van der Waals surface area contributed by atoms with Gasteiger partial charge in [0.15, 0.2) is 0 Å². The second-order valence-electron chi connectivity index (χ2n) is 7.92. The zero-order chi connectivity index (χ0) is 21.8. The second-order valence-corrected chi connectivity index (χ2v) is 8.77. The fourth-order valence-corrected chi connectivity index (χ4v) is 4.93. The standard InChI is InChI=1S/C25H26N4O2S/c30-20-8-6-18(7-9-20)10-11-26-24-23-21(19-4-2-1-3-5-19)17-32-25(23)28-22(27-24)16-29-12-14-31-15-13-29/h1-9,17,30H,10-16H2,(H,26,27,28). The lowest BCUT2D eigenvalue weighted by molar-refractivity contribution is 0.0331. The highest BCUT2D eigenvalue weighted by Gasteiger charge is 2.18. The quantitative estimate of drug-likeness (QED) is 0.434. The lowest BCUT2D eigenvalue weighted by Crippen LogP contribution is -2.36. The number of phenols is 1. The van der Waals surface area contributed by atoms with Crippen molar-refractivity contribution in [2.75, 3.05) is 38.2 Å². The molecule has 2 aromatic heterocycles. The predicted molar refractivity (Wildman–Crippen MR) is 129 cm³/mol. The minimum absolute atomic E-state index is 0.290. The van der Waals surface area contributed by atoms with Gasteiger partial charge in [-0.05, 0) is 29.7 Å². The summed E-state index contributed by atoms with van der Waals surface area (Å²) in [6.07, 6.45) is 0.843. The maximum Gasteiger partial charge on any atom is 0.146 e. The molecule has 0 unspecified atom stereocenters. The molecule has 3 heterocycles. The number of nitrogens with one attached hydrogen (secondary N) is 1. The van der Waals surface area contributed by atoms with Crippen molar-refractivity contribution in [3.63, 3.8) is 0 Å². The maximum absolute atomic E-state index is 9.52. The molecule has 2 aromatic carbocycles. The zero-order valence-corrected chi connectivity index (χ0v) is 18.6. The number of phenolic OH excluding ortho intramolecular Hbond substituents is 1. The molecule has 32 heavy (non-hydrogen) atoms. The molecule has 0 bridgehead atoms. The van der Waals surface area contributed by atoms with Gasteiger partial charge in [0.05, 0.1) is 25.1 Å². The van der Waals surface area contributed by atoms with Crippen LogP contribution in [-0.2, 0) is 17.7 Å². The van der Waals surface area contributed by atoms with Crippen LogP contribution in [0.3, 0.4) is 0 Å². The van der Waals surface area contributed by atoms with E-state index >= 15 is 0 Å². The molecule has 0 atom stereocenters. The molecule has 1 saturated heterocycles. The van der Waals surface area contributed by atoms with E-state index in [1.165, 1.54) is 11.1 Å². The Balaban J connectivity index is 1.44. The number of thiophene rings is 1. The first-order valence-corrected chi connectivity index (χ1v) is 11.8. The van der Waals surface area contributed by atoms with E-state index in [-0.39, 0.29) is 5.75 Å². The molecule has 7 heteroatoms. The van der Waals surface area contributed by atoms with Crippen molar-refractivity contribution in [1.82, 2.24) is 14.9 Å². The van der Waals surface area contributed by atoms with Crippen molar-refractivity contribution in [1.29, 1.82) is 0 Å². The third-order valence-corrected chi connectivity index (χ3v) is 6.55. The summed E-state index contributed by atoms with van der Waals surface area (Å²) in [4.78, 5) is 13.2. The topological polar surface area (TPSA) is 70.5 Å². The zero-order valence-electron chi connectivity index (χ0n) is 17.8. The first kappa shape index (κ1) is 20.9. The molecular formula is C25H26N4O2S. The minimum Gasteiger partial charge on any atom is -0.508 e. The molecule has 0 saturated carbocycles. The highest BCUT2D eigenvalue weighted by Crippen LogP contribution is 2.37. The Morgan fingerprint density at radius 2 is 1.78 bits per heavy atom. The highest BCUT2D eigenvalue weighted by atomic mass is 32.1. The van der Waals surface area contributed by atoms with Crippen LogP contribution in [0.1, 0.15) is 11.4 Å². The SMILES string of the molecule is Oc1ccc(CCNc2nc(CN3CCOCC3)nc3scc(-c4ccccc4)c23)cc1. The van der Waals surface area contributed by atoms with E-state index in [0.717, 1.165) is 73.2 Å². The molecule has 0 radical (unpaired) electrons. The van der Waals surface area contributed by atoms with Gasteiger partial charge in [0.2, 0.25) is 0 Å². The molecule has 6 nitrogen and oxygen atoms in total. The molecule has 2 N–H and O–H groups in total. The van der Waals surface area contributed by atoms with E-state index in [4.69, 9.17) is 14.7 Å². The van der Waals surface area contributed by atoms with E-state index < -0.39 is 0 Å². The Hall–Kier alpha value is -3.00. The van der Waals surface area contributed by atoms with E-state index in [0.29, 0.717) is 0 Å². The maximum atomic E-state index is 9.52. The van der Waals surface area contributed by atoms with Crippen LogP contribution < -0.4 is 5.32 Å². The number of fused-ring (bicyclic) bond motifs is 1. The Bertz CT molecular complexity index is 1170. The summed E-state index contributed by atoms with van der Waals surface area (Å²) < 4.78 is 5.48. The molecular weight excluding hydrogens is 420 g/mol. The van der Waals surface area contributed by atoms with Crippen molar-refractivity contribution < 1.29 is 9.84 Å². The van der Waals surface area contributed by atoms with E-state index in [1.807, 2.05) is 18.2 Å². The van der Waals surface area contributed by atoms with Gasteiger partial charge in [0.1, 0.15) is 22.2 Å². The number of aromatic hydroxyl groups is 1. The number of rotatable bonds is 7. The summed E-state index contributed by atoms with van der Waals surface area (Å²) >= 11 is 1.67. The molecule has 0 amide bonds. The van der Waals surface area contributed by atoms with E-state index in [2.05, 4.69) is 39.9 Å². The Morgan fingerprint density at radius 3 is 2.56 bits per heavy atom. The smallest absolute Gasteiger partial charge is 0.146 e. The van der Waals surface area contributed by atoms with Crippen LogP contribution >= 0.6 is 11.3 Å². The molecule has 5 rings (SSSR count). The average molecular weight is 447 g/mol. The summed E-state index contributed by atoms with van der Waals surface area (Å²) in [7, 11) is 0. The normalized spacial score (nSPS) is 14.6. The molecule has 4 aromatic rings. The van der Waals surface area contributed by atoms with Crippen LogP contribution in [0.4, 0.5) is 5.82 Å². The summed E-state index contributed by atoms with van der Waals surface area (Å²) in [5.74, 6) is 2.02. The van der Waals surface area contributed by atoms with Crippen LogP contribution in [0.5, 0.6) is 5.75 Å². The number of nitrogens with zero attached hydrogens (tertiary/aromatic N) is 3. The number of hydrogen-bond donors (Lipinski definition) is 2. The summed E-state index contributed by atoms with van der Waals surface area (Å²) in [6.45, 7) is 4.81. The molecule has 0 spiro atoms. The summed E-state index contributed by atoms with van der Waals surface area (Å²) in [5, 5.41) is 16.4. The average Bonchev–Trinajstić information content (AvgIpc) is 3.26. The van der Waals surface area contributed by atoms with Crippen molar-refractivity contribution in [3.05, 3.63) is 71.4 Å². The number of benzene rings is 2. The molecule has 1 aliphatic rings. The Kier molecular flexibility index (Phi) is 6.29. The van der Waals surface area contributed by atoms with Crippen LogP contribution in [0.15, 0.2) is 60.0 Å². The molecule has 1 aliphatic heterocycles. The highest BCUT2D eigenvalue weighted by molar-refractivity contribution is 7.17. The fraction of sp³-hybridized carbons (Fsp3) is 0.280. The van der Waals surface area contributed by atoms with Crippen molar-refractivity contribution >= 4 is 27.4 Å². The first-order valence-electron chi connectivity index (χ1n) is 10.9. The molecule has 164 valence electrons. The number of morpholine rings is 1. The van der Waals surface area contributed by atoms with Crippen LogP contribution in [0, 0.1) is 0 Å². The second kappa shape index (κ2) is 9.65. The van der Waals surface area contributed by atoms with Gasteiger partial charge >= 0.3 is 0 Å². The van der Waals surface area contributed by atoms with Crippen molar-refractivity contribution in [2.24, 2.45) is 0 Å². The first-order chi connectivity index (χ1) is 15.8. The number of hydrogen-bond acceptors (Lipinski definition) is 7.